The summed E-state index contributed by atoms with van der Waals surface area (Å²) in [5.41, 5.74) is 1.23. The van der Waals surface area contributed by atoms with Crippen LogP contribution in [0.25, 0.3) is 0 Å². The zero-order valence-electron chi connectivity index (χ0n) is 8.74. The summed E-state index contributed by atoms with van der Waals surface area (Å²) in [5.74, 6) is -0.0848. The summed E-state index contributed by atoms with van der Waals surface area (Å²) in [4.78, 5) is 14.9. The van der Waals surface area contributed by atoms with E-state index in [4.69, 9.17) is 11.6 Å². The van der Waals surface area contributed by atoms with Crippen LogP contribution in [-0.2, 0) is 11.2 Å². The third kappa shape index (κ3) is 4.79. The van der Waals surface area contributed by atoms with Crippen LogP contribution in [0.2, 0.25) is 0 Å². The Labute approximate surface area is 94.9 Å². The van der Waals surface area contributed by atoms with Crippen LogP contribution in [0.1, 0.15) is 18.9 Å². The Kier molecular flexibility index (Phi) is 5.12. The van der Waals surface area contributed by atoms with Crippen LogP contribution in [0.3, 0.4) is 0 Å². The summed E-state index contributed by atoms with van der Waals surface area (Å²) >= 11 is 5.39. The van der Waals surface area contributed by atoms with Gasteiger partial charge in [0, 0.05) is 18.4 Å². The van der Waals surface area contributed by atoms with Crippen molar-refractivity contribution in [3.05, 3.63) is 30.1 Å². The first-order chi connectivity index (χ1) is 7.22. The number of carbonyl (C=O) groups excluding carboxylic acids is 1. The van der Waals surface area contributed by atoms with Gasteiger partial charge in [0.05, 0.1) is 0 Å². The van der Waals surface area contributed by atoms with Crippen molar-refractivity contribution < 1.29 is 4.79 Å². The van der Waals surface area contributed by atoms with Crippen LogP contribution in [0.5, 0.6) is 0 Å². The van der Waals surface area contributed by atoms with Crippen molar-refractivity contribution in [1.29, 1.82) is 0 Å². The summed E-state index contributed by atoms with van der Waals surface area (Å²) in [6.45, 7) is 1.98. The molecule has 0 aliphatic rings. The van der Waals surface area contributed by atoms with E-state index in [1.807, 2.05) is 19.1 Å². The molecule has 0 saturated heterocycles. The van der Waals surface area contributed by atoms with E-state index in [2.05, 4.69) is 10.3 Å². The second-order valence-electron chi connectivity index (χ2n) is 3.50. The number of pyridine rings is 1. The Morgan fingerprint density at radius 2 is 2.20 bits per heavy atom. The zero-order valence-corrected chi connectivity index (χ0v) is 9.50. The topological polar surface area (TPSA) is 42.0 Å². The van der Waals surface area contributed by atoms with Crippen molar-refractivity contribution in [3.8, 4) is 0 Å². The van der Waals surface area contributed by atoms with Gasteiger partial charge < -0.3 is 5.32 Å². The number of nitrogens with zero attached hydrogens (tertiary/aromatic N) is 1. The molecule has 15 heavy (non-hydrogen) atoms. The molecule has 1 atom stereocenters. The highest BCUT2D eigenvalue weighted by Gasteiger charge is 2.05. The molecule has 4 heteroatoms. The van der Waals surface area contributed by atoms with Crippen molar-refractivity contribution in [2.24, 2.45) is 0 Å². The van der Waals surface area contributed by atoms with Crippen LogP contribution in [0.4, 0.5) is 0 Å². The molecule has 82 valence electrons. The maximum absolute atomic E-state index is 11.0. The first-order valence-corrected chi connectivity index (χ1v) is 5.50. The molecule has 1 heterocycles. The molecular weight excluding hydrogens is 212 g/mol. The molecule has 0 spiro atoms. The van der Waals surface area contributed by atoms with Gasteiger partial charge in [-0.2, -0.15) is 0 Å². The third-order valence-electron chi connectivity index (χ3n) is 2.14. The van der Waals surface area contributed by atoms with Crippen LogP contribution in [-0.4, -0.2) is 22.8 Å². The zero-order chi connectivity index (χ0) is 11.1. The fraction of sp³-hybridized carbons (Fsp3) is 0.455. The van der Waals surface area contributed by atoms with Crippen LogP contribution in [0, 0.1) is 0 Å². The molecule has 0 radical (unpaired) electrons. The SMILES string of the molecule is CC(CCc1ccncc1)NC(=O)CCl. The lowest BCUT2D eigenvalue weighted by Crippen LogP contribution is -2.33. The molecule has 0 fully saturated rings. The number of hydrogen-bond acceptors (Lipinski definition) is 2. The quantitative estimate of drug-likeness (QED) is 0.778. The minimum Gasteiger partial charge on any atom is -0.353 e. The van der Waals surface area contributed by atoms with E-state index in [0.29, 0.717) is 0 Å². The Morgan fingerprint density at radius 1 is 1.53 bits per heavy atom. The lowest BCUT2D eigenvalue weighted by atomic mass is 10.1. The number of alkyl halides is 1. The monoisotopic (exact) mass is 226 g/mol. The maximum Gasteiger partial charge on any atom is 0.235 e. The van der Waals surface area contributed by atoms with E-state index >= 15 is 0 Å². The predicted molar refractivity (Wildman–Crippen MR) is 60.9 cm³/mol. The van der Waals surface area contributed by atoms with Crippen molar-refractivity contribution in [2.45, 2.75) is 25.8 Å². The van der Waals surface area contributed by atoms with E-state index < -0.39 is 0 Å². The Balaban J connectivity index is 2.28. The lowest BCUT2D eigenvalue weighted by molar-refractivity contribution is -0.119. The molecule has 0 bridgehead atoms. The van der Waals surface area contributed by atoms with Crippen LogP contribution < -0.4 is 5.32 Å². The summed E-state index contributed by atoms with van der Waals surface area (Å²) < 4.78 is 0. The summed E-state index contributed by atoms with van der Waals surface area (Å²) in [5, 5.41) is 2.81. The molecule has 0 saturated carbocycles. The van der Waals surface area contributed by atoms with Crippen molar-refractivity contribution in [1.82, 2.24) is 10.3 Å². The molecule has 1 amide bonds. The number of aryl methyl sites for hydroxylation is 1. The Morgan fingerprint density at radius 3 is 2.80 bits per heavy atom. The number of amides is 1. The van der Waals surface area contributed by atoms with Gasteiger partial charge in [-0.05, 0) is 37.5 Å². The van der Waals surface area contributed by atoms with Crippen LogP contribution in [0.15, 0.2) is 24.5 Å². The first-order valence-electron chi connectivity index (χ1n) is 4.96. The predicted octanol–water partition coefficient (Wildman–Crippen LogP) is 1.76. The van der Waals surface area contributed by atoms with Gasteiger partial charge in [0.2, 0.25) is 5.91 Å². The van der Waals surface area contributed by atoms with Gasteiger partial charge in [0.25, 0.3) is 0 Å². The fourth-order valence-electron chi connectivity index (χ4n) is 1.32. The third-order valence-corrected chi connectivity index (χ3v) is 2.39. The highest BCUT2D eigenvalue weighted by Crippen LogP contribution is 2.03. The molecular formula is C11H15ClN2O. The van der Waals surface area contributed by atoms with E-state index in [9.17, 15) is 4.79 Å². The maximum atomic E-state index is 11.0. The molecule has 1 N–H and O–H groups in total. The number of carbonyl (C=O) groups is 1. The van der Waals surface area contributed by atoms with E-state index in [0.717, 1.165) is 12.8 Å². The van der Waals surface area contributed by atoms with E-state index in [1.54, 1.807) is 12.4 Å². The standard InChI is InChI=1S/C11H15ClN2O/c1-9(14-11(15)8-12)2-3-10-4-6-13-7-5-10/h4-7,9H,2-3,8H2,1H3,(H,14,15). The highest BCUT2D eigenvalue weighted by molar-refractivity contribution is 6.27. The number of nitrogens with one attached hydrogen (secondary N) is 1. The van der Waals surface area contributed by atoms with Crippen molar-refractivity contribution in [2.75, 3.05) is 5.88 Å². The highest BCUT2D eigenvalue weighted by atomic mass is 35.5. The average Bonchev–Trinajstić information content (AvgIpc) is 2.27. The Hall–Kier alpha value is -1.09. The average molecular weight is 227 g/mol. The number of halogens is 1. The van der Waals surface area contributed by atoms with Crippen molar-refractivity contribution in [3.63, 3.8) is 0 Å². The number of aromatic nitrogens is 1. The normalized spacial score (nSPS) is 12.1. The molecule has 0 aromatic carbocycles. The minimum atomic E-state index is -0.112. The van der Waals surface area contributed by atoms with Gasteiger partial charge in [-0.3, -0.25) is 9.78 Å². The van der Waals surface area contributed by atoms with Gasteiger partial charge in [-0.25, -0.2) is 0 Å². The van der Waals surface area contributed by atoms with Gasteiger partial charge in [0.1, 0.15) is 5.88 Å². The van der Waals surface area contributed by atoms with Crippen molar-refractivity contribution >= 4 is 17.5 Å². The molecule has 0 aliphatic heterocycles. The molecule has 3 nitrogen and oxygen atoms in total. The van der Waals surface area contributed by atoms with Gasteiger partial charge in [-0.1, -0.05) is 0 Å². The lowest BCUT2D eigenvalue weighted by Gasteiger charge is -2.12. The Bertz CT molecular complexity index is 303. The summed E-state index contributed by atoms with van der Waals surface area (Å²) in [7, 11) is 0. The largest absolute Gasteiger partial charge is 0.353 e. The molecule has 0 aliphatic carbocycles. The van der Waals surface area contributed by atoms with E-state index in [-0.39, 0.29) is 17.8 Å². The van der Waals surface area contributed by atoms with Crippen LogP contribution >= 0.6 is 11.6 Å². The molecule has 1 aromatic heterocycles. The van der Waals surface area contributed by atoms with Gasteiger partial charge in [0.15, 0.2) is 0 Å². The number of hydrogen-bond donors (Lipinski definition) is 1. The summed E-state index contributed by atoms with van der Waals surface area (Å²) in [6, 6.07) is 4.12. The fourth-order valence-corrected chi connectivity index (χ4v) is 1.40. The summed E-state index contributed by atoms with van der Waals surface area (Å²) in [6.07, 6.45) is 5.40. The first kappa shape index (κ1) is 12.0. The molecule has 1 rings (SSSR count). The van der Waals surface area contributed by atoms with Gasteiger partial charge in [-0.15, -0.1) is 11.6 Å². The second-order valence-corrected chi connectivity index (χ2v) is 3.76. The van der Waals surface area contributed by atoms with Gasteiger partial charge >= 0.3 is 0 Å². The minimum absolute atomic E-state index is 0.0274. The van der Waals surface area contributed by atoms with E-state index in [1.165, 1.54) is 5.56 Å². The smallest absolute Gasteiger partial charge is 0.235 e. The molecule has 1 unspecified atom stereocenters. The second kappa shape index (κ2) is 6.40. The molecule has 1 aromatic rings. The number of rotatable bonds is 5.